The van der Waals surface area contributed by atoms with Crippen molar-refractivity contribution in [1.29, 1.82) is 0 Å². The standard InChI is InChI=1S/C12H19FN4O/c1-17-7-10(6-15-17)16-12(18)11(14)5-8-2-3-9(13)4-8/h6-9,11H,2-5,14H2,1H3,(H,16,18)/t8?,9?,11-/m0/s1. The van der Waals surface area contributed by atoms with Gasteiger partial charge in [-0.25, -0.2) is 4.39 Å². The Hall–Kier alpha value is -1.43. The van der Waals surface area contributed by atoms with Crippen molar-refractivity contribution in [3.05, 3.63) is 12.4 Å². The smallest absolute Gasteiger partial charge is 0.241 e. The van der Waals surface area contributed by atoms with Gasteiger partial charge in [0.1, 0.15) is 6.17 Å². The van der Waals surface area contributed by atoms with Crippen LogP contribution in [0.15, 0.2) is 12.4 Å². The number of nitrogens with two attached hydrogens (primary N) is 1. The van der Waals surface area contributed by atoms with Crippen LogP contribution in [0.3, 0.4) is 0 Å². The van der Waals surface area contributed by atoms with Gasteiger partial charge >= 0.3 is 0 Å². The van der Waals surface area contributed by atoms with E-state index in [1.807, 2.05) is 0 Å². The number of amides is 1. The summed E-state index contributed by atoms with van der Waals surface area (Å²) in [5.74, 6) is -0.0000403. The van der Waals surface area contributed by atoms with Crippen molar-refractivity contribution in [2.24, 2.45) is 18.7 Å². The fourth-order valence-corrected chi connectivity index (χ4v) is 2.41. The maximum absolute atomic E-state index is 13.0. The van der Waals surface area contributed by atoms with Crippen molar-refractivity contribution in [3.8, 4) is 0 Å². The SMILES string of the molecule is Cn1cc(NC(=O)[C@@H](N)CC2CCC(F)C2)cn1. The Kier molecular flexibility index (Phi) is 3.96. The van der Waals surface area contributed by atoms with Crippen molar-refractivity contribution in [1.82, 2.24) is 9.78 Å². The maximum Gasteiger partial charge on any atom is 0.241 e. The zero-order valence-electron chi connectivity index (χ0n) is 10.5. The van der Waals surface area contributed by atoms with Gasteiger partial charge in [0.05, 0.1) is 17.9 Å². The normalized spacial score (nSPS) is 25.1. The largest absolute Gasteiger partial charge is 0.322 e. The topological polar surface area (TPSA) is 72.9 Å². The van der Waals surface area contributed by atoms with E-state index in [0.717, 1.165) is 6.42 Å². The minimum Gasteiger partial charge on any atom is -0.322 e. The molecule has 1 fully saturated rings. The van der Waals surface area contributed by atoms with Gasteiger partial charge in [0.25, 0.3) is 0 Å². The third-order valence-corrected chi connectivity index (χ3v) is 3.37. The molecule has 0 spiro atoms. The lowest BCUT2D eigenvalue weighted by molar-refractivity contribution is -0.117. The third-order valence-electron chi connectivity index (χ3n) is 3.37. The molecule has 3 N–H and O–H groups in total. The van der Waals surface area contributed by atoms with Crippen LogP contribution in [0.25, 0.3) is 0 Å². The number of halogens is 1. The zero-order chi connectivity index (χ0) is 13.1. The molecule has 18 heavy (non-hydrogen) atoms. The van der Waals surface area contributed by atoms with Crippen LogP contribution in [0.2, 0.25) is 0 Å². The molecule has 1 saturated carbocycles. The molecule has 1 aliphatic rings. The molecule has 0 aromatic carbocycles. The molecule has 0 bridgehead atoms. The molecule has 100 valence electrons. The second-order valence-electron chi connectivity index (χ2n) is 5.01. The Morgan fingerprint density at radius 1 is 1.72 bits per heavy atom. The molecule has 1 aliphatic carbocycles. The fraction of sp³-hybridized carbons (Fsp3) is 0.667. The first-order valence-corrected chi connectivity index (χ1v) is 6.23. The number of aryl methyl sites for hydroxylation is 1. The summed E-state index contributed by atoms with van der Waals surface area (Å²) in [4.78, 5) is 11.8. The van der Waals surface area contributed by atoms with Gasteiger partial charge in [-0.15, -0.1) is 0 Å². The third kappa shape index (κ3) is 3.29. The predicted octanol–water partition coefficient (Wildman–Crippen LogP) is 1.21. The highest BCUT2D eigenvalue weighted by Crippen LogP contribution is 2.30. The number of nitrogens with one attached hydrogen (secondary N) is 1. The van der Waals surface area contributed by atoms with Crippen LogP contribution < -0.4 is 11.1 Å². The Morgan fingerprint density at radius 3 is 3.06 bits per heavy atom. The summed E-state index contributed by atoms with van der Waals surface area (Å²) in [6.45, 7) is 0. The Morgan fingerprint density at radius 2 is 2.50 bits per heavy atom. The maximum atomic E-state index is 13.0. The van der Waals surface area contributed by atoms with Crippen LogP contribution in [-0.2, 0) is 11.8 Å². The summed E-state index contributed by atoms with van der Waals surface area (Å²) in [6.07, 6.45) is 5.07. The number of hydrogen-bond acceptors (Lipinski definition) is 3. The molecule has 1 amide bonds. The van der Waals surface area contributed by atoms with Gasteiger partial charge in [0, 0.05) is 13.2 Å². The van der Waals surface area contributed by atoms with Crippen LogP contribution in [0.5, 0.6) is 0 Å². The first-order valence-electron chi connectivity index (χ1n) is 6.23. The van der Waals surface area contributed by atoms with Gasteiger partial charge in [-0.3, -0.25) is 9.48 Å². The van der Waals surface area contributed by atoms with E-state index in [4.69, 9.17) is 5.73 Å². The van der Waals surface area contributed by atoms with Crippen molar-refractivity contribution in [2.75, 3.05) is 5.32 Å². The van der Waals surface area contributed by atoms with Crippen LogP contribution >= 0.6 is 0 Å². The molecule has 2 rings (SSSR count). The summed E-state index contributed by atoms with van der Waals surface area (Å²) >= 11 is 0. The Labute approximate surface area is 106 Å². The Balaban J connectivity index is 1.81. The van der Waals surface area contributed by atoms with E-state index in [1.54, 1.807) is 24.1 Å². The summed E-state index contributed by atoms with van der Waals surface area (Å²) < 4.78 is 14.6. The van der Waals surface area contributed by atoms with Gasteiger partial charge in [-0.05, 0) is 31.6 Å². The average Bonchev–Trinajstić information content (AvgIpc) is 2.88. The lowest BCUT2D eigenvalue weighted by Crippen LogP contribution is -2.37. The molecule has 1 aromatic rings. The van der Waals surface area contributed by atoms with Crippen LogP contribution in [0.4, 0.5) is 10.1 Å². The first kappa shape index (κ1) is 13.0. The van der Waals surface area contributed by atoms with E-state index in [1.165, 1.54) is 0 Å². The lowest BCUT2D eigenvalue weighted by Gasteiger charge is -2.15. The number of aromatic nitrogens is 2. The molecule has 6 heteroatoms. The minimum absolute atomic E-state index is 0.231. The number of nitrogens with zero attached hydrogens (tertiary/aromatic N) is 2. The van der Waals surface area contributed by atoms with E-state index < -0.39 is 12.2 Å². The highest BCUT2D eigenvalue weighted by molar-refractivity contribution is 5.94. The van der Waals surface area contributed by atoms with Gasteiger partial charge in [0.15, 0.2) is 0 Å². The molecular weight excluding hydrogens is 235 g/mol. The van der Waals surface area contributed by atoms with Crippen molar-refractivity contribution < 1.29 is 9.18 Å². The van der Waals surface area contributed by atoms with Crippen LogP contribution in [0.1, 0.15) is 25.7 Å². The van der Waals surface area contributed by atoms with Gasteiger partial charge in [-0.2, -0.15) is 5.10 Å². The number of carbonyl (C=O) groups excluding carboxylic acids is 1. The van der Waals surface area contributed by atoms with E-state index in [9.17, 15) is 9.18 Å². The van der Waals surface area contributed by atoms with Crippen LogP contribution in [-0.4, -0.2) is 27.9 Å². The highest BCUT2D eigenvalue weighted by Gasteiger charge is 2.27. The fourth-order valence-electron chi connectivity index (χ4n) is 2.41. The van der Waals surface area contributed by atoms with Gasteiger partial charge in [0.2, 0.25) is 5.91 Å². The second kappa shape index (κ2) is 5.48. The molecule has 5 nitrogen and oxygen atoms in total. The molecule has 3 atom stereocenters. The molecular formula is C12H19FN4O. The van der Waals surface area contributed by atoms with E-state index in [0.29, 0.717) is 24.9 Å². The number of rotatable bonds is 4. The number of alkyl halides is 1. The number of hydrogen-bond donors (Lipinski definition) is 2. The molecule has 1 aromatic heterocycles. The molecule has 0 saturated heterocycles. The molecule has 2 unspecified atom stereocenters. The van der Waals surface area contributed by atoms with E-state index in [2.05, 4.69) is 10.4 Å². The van der Waals surface area contributed by atoms with Crippen molar-refractivity contribution in [3.63, 3.8) is 0 Å². The number of anilines is 1. The Bertz CT molecular complexity index is 420. The average molecular weight is 254 g/mol. The van der Waals surface area contributed by atoms with Crippen LogP contribution in [0, 0.1) is 5.92 Å². The molecule has 0 aliphatic heterocycles. The second-order valence-corrected chi connectivity index (χ2v) is 5.01. The van der Waals surface area contributed by atoms with E-state index >= 15 is 0 Å². The monoisotopic (exact) mass is 254 g/mol. The molecule has 1 heterocycles. The quantitative estimate of drug-likeness (QED) is 0.848. The van der Waals surface area contributed by atoms with Gasteiger partial charge in [-0.1, -0.05) is 0 Å². The summed E-state index contributed by atoms with van der Waals surface area (Å²) in [5, 5.41) is 6.66. The van der Waals surface area contributed by atoms with E-state index in [-0.39, 0.29) is 11.8 Å². The summed E-state index contributed by atoms with van der Waals surface area (Å²) in [6, 6.07) is -0.583. The lowest BCUT2D eigenvalue weighted by atomic mass is 9.98. The van der Waals surface area contributed by atoms with Crippen molar-refractivity contribution >= 4 is 11.6 Å². The molecule has 0 radical (unpaired) electrons. The highest BCUT2D eigenvalue weighted by atomic mass is 19.1. The minimum atomic E-state index is -0.719. The van der Waals surface area contributed by atoms with Crippen molar-refractivity contribution in [2.45, 2.75) is 37.9 Å². The van der Waals surface area contributed by atoms with Gasteiger partial charge < -0.3 is 11.1 Å². The number of carbonyl (C=O) groups is 1. The first-order chi connectivity index (χ1) is 8.54. The summed E-state index contributed by atoms with van der Waals surface area (Å²) in [7, 11) is 1.77. The zero-order valence-corrected chi connectivity index (χ0v) is 10.5. The predicted molar refractivity (Wildman–Crippen MR) is 66.7 cm³/mol. The summed E-state index contributed by atoms with van der Waals surface area (Å²) in [5.41, 5.74) is 6.47.